The lowest BCUT2D eigenvalue weighted by Crippen LogP contribution is -2.44. The van der Waals surface area contributed by atoms with Gasteiger partial charge in [0.25, 0.3) is 0 Å². The summed E-state index contributed by atoms with van der Waals surface area (Å²) in [5.41, 5.74) is 1.36. The molecule has 2 unspecified atom stereocenters. The predicted octanol–water partition coefficient (Wildman–Crippen LogP) is 2.39. The predicted molar refractivity (Wildman–Crippen MR) is 66.6 cm³/mol. The summed E-state index contributed by atoms with van der Waals surface area (Å²) in [6.07, 6.45) is 3.85. The standard InChI is InChI=1S/C14H21NO/c1-12-14(8-5-10-15-12)16-11-9-13-6-3-2-4-7-13/h2-4,6-7,12,14-15H,5,8-11H2,1H3. The van der Waals surface area contributed by atoms with Gasteiger partial charge in [-0.3, -0.25) is 0 Å². The average Bonchev–Trinajstić information content (AvgIpc) is 2.33. The molecule has 0 amide bonds. The summed E-state index contributed by atoms with van der Waals surface area (Å²) in [5, 5.41) is 3.46. The van der Waals surface area contributed by atoms with Crippen LogP contribution in [0.1, 0.15) is 25.3 Å². The van der Waals surface area contributed by atoms with E-state index >= 15 is 0 Å². The van der Waals surface area contributed by atoms with Crippen LogP contribution in [-0.2, 0) is 11.2 Å². The first-order valence-electron chi connectivity index (χ1n) is 6.25. The largest absolute Gasteiger partial charge is 0.376 e. The van der Waals surface area contributed by atoms with Gasteiger partial charge in [0.15, 0.2) is 0 Å². The SMILES string of the molecule is CC1NCCCC1OCCc1ccccc1. The smallest absolute Gasteiger partial charge is 0.0725 e. The lowest BCUT2D eigenvalue weighted by atomic mass is 10.0. The molecule has 1 fully saturated rings. The van der Waals surface area contributed by atoms with Gasteiger partial charge < -0.3 is 10.1 Å². The van der Waals surface area contributed by atoms with Crippen molar-refractivity contribution in [2.75, 3.05) is 13.2 Å². The summed E-state index contributed by atoms with van der Waals surface area (Å²) in [6, 6.07) is 11.0. The molecule has 1 aromatic rings. The number of hydrogen-bond acceptors (Lipinski definition) is 2. The van der Waals surface area contributed by atoms with Crippen molar-refractivity contribution in [3.8, 4) is 0 Å². The molecule has 2 heteroatoms. The highest BCUT2D eigenvalue weighted by Crippen LogP contribution is 2.12. The fraction of sp³-hybridized carbons (Fsp3) is 0.571. The normalized spacial score (nSPS) is 25.6. The number of hydrogen-bond donors (Lipinski definition) is 1. The fourth-order valence-electron chi connectivity index (χ4n) is 2.21. The zero-order valence-corrected chi connectivity index (χ0v) is 9.99. The maximum Gasteiger partial charge on any atom is 0.0725 e. The average molecular weight is 219 g/mol. The molecular formula is C14H21NO. The Morgan fingerprint density at radius 2 is 2.12 bits per heavy atom. The molecule has 1 aliphatic heterocycles. The Labute approximate surface area is 98.0 Å². The topological polar surface area (TPSA) is 21.3 Å². The Bertz CT molecular complexity index is 299. The number of benzene rings is 1. The summed E-state index contributed by atoms with van der Waals surface area (Å²) in [6.45, 7) is 4.19. The molecule has 2 rings (SSSR count). The number of piperidine rings is 1. The van der Waals surface area contributed by atoms with E-state index in [9.17, 15) is 0 Å². The van der Waals surface area contributed by atoms with E-state index in [0.717, 1.165) is 19.6 Å². The maximum atomic E-state index is 5.94. The first kappa shape index (κ1) is 11.6. The van der Waals surface area contributed by atoms with Crippen molar-refractivity contribution in [3.63, 3.8) is 0 Å². The van der Waals surface area contributed by atoms with Crippen LogP contribution in [0.2, 0.25) is 0 Å². The molecule has 0 saturated carbocycles. The molecule has 0 spiro atoms. The van der Waals surface area contributed by atoms with E-state index in [-0.39, 0.29) is 0 Å². The first-order chi connectivity index (χ1) is 7.86. The highest BCUT2D eigenvalue weighted by molar-refractivity contribution is 5.14. The Hall–Kier alpha value is -0.860. The first-order valence-corrected chi connectivity index (χ1v) is 6.25. The molecule has 1 heterocycles. The van der Waals surface area contributed by atoms with Crippen LogP contribution >= 0.6 is 0 Å². The molecule has 88 valence electrons. The van der Waals surface area contributed by atoms with Gasteiger partial charge in [-0.1, -0.05) is 30.3 Å². The van der Waals surface area contributed by atoms with Crippen molar-refractivity contribution in [2.45, 2.75) is 38.3 Å². The molecule has 0 radical (unpaired) electrons. The Balaban J connectivity index is 1.71. The third-order valence-corrected chi connectivity index (χ3v) is 3.25. The summed E-state index contributed by atoms with van der Waals surface area (Å²) < 4.78 is 5.94. The van der Waals surface area contributed by atoms with Crippen molar-refractivity contribution in [3.05, 3.63) is 35.9 Å². The second-order valence-corrected chi connectivity index (χ2v) is 4.53. The van der Waals surface area contributed by atoms with Gasteiger partial charge in [0.2, 0.25) is 0 Å². The van der Waals surface area contributed by atoms with Crippen molar-refractivity contribution < 1.29 is 4.74 Å². The van der Waals surface area contributed by atoms with Crippen LogP contribution in [-0.4, -0.2) is 25.3 Å². The fourth-order valence-corrected chi connectivity index (χ4v) is 2.21. The summed E-state index contributed by atoms with van der Waals surface area (Å²) in [7, 11) is 0. The minimum absolute atomic E-state index is 0.400. The van der Waals surface area contributed by atoms with Crippen LogP contribution < -0.4 is 5.32 Å². The van der Waals surface area contributed by atoms with Crippen LogP contribution in [0.15, 0.2) is 30.3 Å². The van der Waals surface area contributed by atoms with Gasteiger partial charge in [-0.25, -0.2) is 0 Å². The van der Waals surface area contributed by atoms with Crippen molar-refractivity contribution >= 4 is 0 Å². The monoisotopic (exact) mass is 219 g/mol. The van der Waals surface area contributed by atoms with Gasteiger partial charge >= 0.3 is 0 Å². The van der Waals surface area contributed by atoms with E-state index in [2.05, 4.69) is 42.6 Å². The highest BCUT2D eigenvalue weighted by Gasteiger charge is 2.20. The van der Waals surface area contributed by atoms with Crippen LogP contribution in [0.3, 0.4) is 0 Å². The van der Waals surface area contributed by atoms with Gasteiger partial charge in [0.1, 0.15) is 0 Å². The van der Waals surface area contributed by atoms with E-state index in [1.807, 2.05) is 0 Å². The minimum Gasteiger partial charge on any atom is -0.376 e. The minimum atomic E-state index is 0.400. The lowest BCUT2D eigenvalue weighted by molar-refractivity contribution is 0.0144. The van der Waals surface area contributed by atoms with E-state index < -0.39 is 0 Å². The summed E-state index contributed by atoms with van der Waals surface area (Å²) >= 11 is 0. The molecule has 0 aromatic heterocycles. The van der Waals surface area contributed by atoms with E-state index in [4.69, 9.17) is 4.74 Å². The van der Waals surface area contributed by atoms with Crippen molar-refractivity contribution in [2.24, 2.45) is 0 Å². The molecule has 2 nitrogen and oxygen atoms in total. The van der Waals surface area contributed by atoms with Crippen LogP contribution in [0.4, 0.5) is 0 Å². The molecule has 1 N–H and O–H groups in total. The molecule has 0 aliphatic carbocycles. The number of ether oxygens (including phenoxy) is 1. The quantitative estimate of drug-likeness (QED) is 0.839. The van der Waals surface area contributed by atoms with Crippen LogP contribution in [0.5, 0.6) is 0 Å². The Kier molecular flexibility index (Phi) is 4.37. The van der Waals surface area contributed by atoms with Crippen LogP contribution in [0.25, 0.3) is 0 Å². The zero-order valence-electron chi connectivity index (χ0n) is 9.99. The second kappa shape index (κ2) is 6.02. The van der Waals surface area contributed by atoms with Gasteiger partial charge in [-0.05, 0) is 38.3 Å². The van der Waals surface area contributed by atoms with Gasteiger partial charge in [0, 0.05) is 6.04 Å². The Morgan fingerprint density at radius 1 is 1.31 bits per heavy atom. The van der Waals surface area contributed by atoms with E-state index in [0.29, 0.717) is 12.1 Å². The molecule has 2 atom stereocenters. The van der Waals surface area contributed by atoms with E-state index in [1.54, 1.807) is 0 Å². The molecule has 1 saturated heterocycles. The number of rotatable bonds is 4. The molecule has 0 bridgehead atoms. The van der Waals surface area contributed by atoms with E-state index in [1.165, 1.54) is 18.4 Å². The van der Waals surface area contributed by atoms with Crippen molar-refractivity contribution in [1.29, 1.82) is 0 Å². The summed E-state index contributed by atoms with van der Waals surface area (Å²) in [4.78, 5) is 0. The maximum absolute atomic E-state index is 5.94. The van der Waals surface area contributed by atoms with Gasteiger partial charge in [-0.2, -0.15) is 0 Å². The van der Waals surface area contributed by atoms with Gasteiger partial charge in [0.05, 0.1) is 12.7 Å². The lowest BCUT2D eigenvalue weighted by Gasteiger charge is -2.29. The molecular weight excluding hydrogens is 198 g/mol. The Morgan fingerprint density at radius 3 is 2.88 bits per heavy atom. The van der Waals surface area contributed by atoms with Gasteiger partial charge in [-0.15, -0.1) is 0 Å². The highest BCUT2D eigenvalue weighted by atomic mass is 16.5. The second-order valence-electron chi connectivity index (χ2n) is 4.53. The molecule has 16 heavy (non-hydrogen) atoms. The zero-order chi connectivity index (χ0) is 11.2. The van der Waals surface area contributed by atoms with Crippen molar-refractivity contribution in [1.82, 2.24) is 5.32 Å². The molecule has 1 aliphatic rings. The molecule has 1 aromatic carbocycles. The number of nitrogens with one attached hydrogen (secondary N) is 1. The van der Waals surface area contributed by atoms with Crippen LogP contribution in [0, 0.1) is 0 Å². The summed E-state index contributed by atoms with van der Waals surface area (Å²) in [5.74, 6) is 0. The third kappa shape index (κ3) is 3.32. The third-order valence-electron chi connectivity index (χ3n) is 3.25.